The van der Waals surface area contributed by atoms with E-state index in [0.717, 1.165) is 30.6 Å². The fraction of sp³-hybridized carbons (Fsp3) is 0.875. The smallest absolute Gasteiger partial charge is 0.305 e. The maximum absolute atomic E-state index is 10.9. The molecule has 2 fully saturated rings. The van der Waals surface area contributed by atoms with Crippen LogP contribution >= 0.6 is 0 Å². The van der Waals surface area contributed by atoms with Crippen LogP contribution in [0.2, 0.25) is 0 Å². The van der Waals surface area contributed by atoms with Crippen molar-refractivity contribution in [2.45, 2.75) is 63.5 Å². The van der Waals surface area contributed by atoms with Crippen molar-refractivity contribution >= 4 is 12.3 Å². The minimum absolute atomic E-state index is 0.188. The quantitative estimate of drug-likeness (QED) is 0.503. The van der Waals surface area contributed by atoms with Gasteiger partial charge in [-0.25, -0.2) is 0 Å². The number of carboxylic acids is 1. The number of hydrogen-bond donors (Lipinski definition) is 3. The van der Waals surface area contributed by atoms with E-state index in [1.54, 1.807) is 0 Å². The summed E-state index contributed by atoms with van der Waals surface area (Å²) in [5.74, 6) is 1.72. The molecule has 0 saturated heterocycles. The third kappa shape index (κ3) is 5.75. The first-order valence-electron chi connectivity index (χ1n) is 8.10. The number of nitrogens with one attached hydrogen (secondary N) is 1. The second-order valence-electron chi connectivity index (χ2n) is 7.25. The summed E-state index contributed by atoms with van der Waals surface area (Å²) >= 11 is 0. The van der Waals surface area contributed by atoms with E-state index < -0.39 is 12.0 Å². The van der Waals surface area contributed by atoms with Crippen molar-refractivity contribution in [2.75, 3.05) is 6.54 Å². The molecule has 0 aromatic carbocycles. The summed E-state index contributed by atoms with van der Waals surface area (Å²) in [5.41, 5.74) is 5.93. The summed E-state index contributed by atoms with van der Waals surface area (Å²) in [7, 11) is 0. The highest BCUT2D eigenvalue weighted by Crippen LogP contribution is 2.51. The molecular weight excluding hydrogens is 268 g/mol. The Morgan fingerprint density at radius 1 is 1.38 bits per heavy atom. The van der Waals surface area contributed by atoms with Gasteiger partial charge in [0.1, 0.15) is 6.29 Å². The van der Waals surface area contributed by atoms with E-state index in [1.165, 1.54) is 25.7 Å². The van der Waals surface area contributed by atoms with Crippen molar-refractivity contribution in [2.24, 2.45) is 23.5 Å². The number of hydrogen-bond acceptors (Lipinski definition) is 4. The van der Waals surface area contributed by atoms with E-state index in [-0.39, 0.29) is 12.0 Å². The third-order valence-electron chi connectivity index (χ3n) is 4.83. The molecule has 21 heavy (non-hydrogen) atoms. The zero-order chi connectivity index (χ0) is 15.5. The Morgan fingerprint density at radius 2 is 1.95 bits per heavy atom. The number of carbonyl (C=O) groups is 2. The lowest BCUT2D eigenvalue weighted by Gasteiger charge is -2.29. The van der Waals surface area contributed by atoms with Crippen LogP contribution in [-0.4, -0.2) is 35.5 Å². The lowest BCUT2D eigenvalue weighted by Crippen LogP contribution is -2.50. The van der Waals surface area contributed by atoms with Crippen LogP contribution in [-0.2, 0) is 9.59 Å². The molecule has 0 heterocycles. The van der Waals surface area contributed by atoms with Gasteiger partial charge in [0.15, 0.2) is 0 Å². The van der Waals surface area contributed by atoms with Gasteiger partial charge in [0.05, 0.1) is 12.5 Å². The van der Waals surface area contributed by atoms with E-state index >= 15 is 0 Å². The highest BCUT2D eigenvalue weighted by Gasteiger charge is 2.41. The summed E-state index contributed by atoms with van der Waals surface area (Å²) in [6.07, 6.45) is 8.08. The molecule has 2 aliphatic rings. The molecule has 1 unspecified atom stereocenters. The van der Waals surface area contributed by atoms with Gasteiger partial charge in [-0.2, -0.15) is 0 Å². The molecule has 0 bridgehead atoms. The normalized spacial score (nSPS) is 22.8. The van der Waals surface area contributed by atoms with Crippen LogP contribution in [0.25, 0.3) is 0 Å². The van der Waals surface area contributed by atoms with Gasteiger partial charge in [-0.05, 0) is 63.2 Å². The molecule has 5 heteroatoms. The first-order chi connectivity index (χ1) is 9.91. The highest BCUT2D eigenvalue weighted by atomic mass is 16.4. The Labute approximate surface area is 126 Å². The van der Waals surface area contributed by atoms with E-state index in [1.807, 2.05) is 6.92 Å². The van der Waals surface area contributed by atoms with Gasteiger partial charge in [-0.1, -0.05) is 0 Å². The van der Waals surface area contributed by atoms with E-state index in [9.17, 15) is 9.59 Å². The molecule has 0 amide bonds. The summed E-state index contributed by atoms with van der Waals surface area (Å²) in [6.45, 7) is 2.46. The number of carbonyl (C=O) groups excluding carboxylic acids is 1. The van der Waals surface area contributed by atoms with Crippen molar-refractivity contribution in [3.8, 4) is 0 Å². The number of aldehydes is 1. The second kappa shape index (κ2) is 6.88. The third-order valence-corrected chi connectivity index (χ3v) is 4.83. The lowest BCUT2D eigenvalue weighted by molar-refractivity contribution is -0.138. The second-order valence-corrected chi connectivity index (χ2v) is 7.25. The first-order valence-corrected chi connectivity index (χ1v) is 8.10. The Morgan fingerprint density at radius 3 is 2.38 bits per heavy atom. The maximum Gasteiger partial charge on any atom is 0.305 e. The lowest BCUT2D eigenvalue weighted by atomic mass is 9.86. The Balaban J connectivity index is 1.72. The molecule has 2 aliphatic carbocycles. The number of aliphatic carboxylic acids is 1. The molecule has 0 spiro atoms. The molecule has 4 N–H and O–H groups in total. The van der Waals surface area contributed by atoms with Crippen molar-refractivity contribution in [3.05, 3.63) is 0 Å². The molecule has 0 aromatic rings. The Hall–Kier alpha value is -0.940. The standard InChI is InChI=1S/C16H28N2O3/c1-16(17,10-18-13(9-19)8-15(20)21)7-6-14(11-2-3-11)12-4-5-12/h9,11-14,18H,2-8,10,17H2,1H3,(H,20,21)/t13-,16?/m0/s1. The van der Waals surface area contributed by atoms with Crippen molar-refractivity contribution in [1.29, 1.82) is 0 Å². The zero-order valence-corrected chi connectivity index (χ0v) is 12.9. The number of rotatable bonds is 11. The SMILES string of the molecule is CC(N)(CCC(C1CC1)C1CC1)CN[C@H](C=O)CC(=O)O. The van der Waals surface area contributed by atoms with Gasteiger partial charge in [-0.3, -0.25) is 4.79 Å². The summed E-state index contributed by atoms with van der Waals surface area (Å²) < 4.78 is 0. The number of carboxylic acid groups (broad SMARTS) is 1. The monoisotopic (exact) mass is 296 g/mol. The average molecular weight is 296 g/mol. The van der Waals surface area contributed by atoms with Crippen LogP contribution in [0.5, 0.6) is 0 Å². The molecule has 2 atom stereocenters. The van der Waals surface area contributed by atoms with Gasteiger partial charge < -0.3 is 21.0 Å². The van der Waals surface area contributed by atoms with Crippen LogP contribution < -0.4 is 11.1 Å². The molecule has 0 radical (unpaired) electrons. The van der Waals surface area contributed by atoms with Crippen molar-refractivity contribution < 1.29 is 14.7 Å². The van der Waals surface area contributed by atoms with Gasteiger partial charge in [-0.15, -0.1) is 0 Å². The fourth-order valence-electron chi connectivity index (χ4n) is 3.21. The Bertz CT molecular complexity index is 364. The molecule has 0 aromatic heterocycles. The van der Waals surface area contributed by atoms with Gasteiger partial charge in [0.2, 0.25) is 0 Å². The van der Waals surface area contributed by atoms with Crippen LogP contribution in [0.1, 0.15) is 51.9 Å². The number of nitrogens with two attached hydrogens (primary N) is 1. The summed E-state index contributed by atoms with van der Waals surface area (Å²) in [6, 6.07) is -0.645. The predicted octanol–water partition coefficient (Wildman–Crippen LogP) is 1.55. The first kappa shape index (κ1) is 16.4. The molecular formula is C16H28N2O3. The molecule has 120 valence electrons. The van der Waals surface area contributed by atoms with Crippen molar-refractivity contribution in [3.63, 3.8) is 0 Å². The highest BCUT2D eigenvalue weighted by molar-refractivity contribution is 5.73. The van der Waals surface area contributed by atoms with Crippen molar-refractivity contribution in [1.82, 2.24) is 5.32 Å². The topological polar surface area (TPSA) is 92.4 Å². The van der Waals surface area contributed by atoms with Crippen LogP contribution in [0.3, 0.4) is 0 Å². The van der Waals surface area contributed by atoms with Gasteiger partial charge in [0, 0.05) is 12.1 Å². The molecule has 0 aliphatic heterocycles. The zero-order valence-electron chi connectivity index (χ0n) is 12.9. The molecule has 5 nitrogen and oxygen atoms in total. The van der Waals surface area contributed by atoms with Crippen LogP contribution in [0.4, 0.5) is 0 Å². The summed E-state index contributed by atoms with van der Waals surface area (Å²) in [5, 5.41) is 11.7. The largest absolute Gasteiger partial charge is 0.481 e. The van der Waals surface area contributed by atoms with E-state index in [0.29, 0.717) is 12.8 Å². The molecule has 2 rings (SSSR count). The van der Waals surface area contributed by atoms with E-state index in [2.05, 4.69) is 5.32 Å². The predicted molar refractivity (Wildman–Crippen MR) is 80.9 cm³/mol. The van der Waals surface area contributed by atoms with Crippen LogP contribution in [0.15, 0.2) is 0 Å². The molecule has 2 saturated carbocycles. The van der Waals surface area contributed by atoms with E-state index in [4.69, 9.17) is 10.8 Å². The maximum atomic E-state index is 10.9. The fourth-order valence-corrected chi connectivity index (χ4v) is 3.21. The minimum atomic E-state index is -0.971. The van der Waals surface area contributed by atoms with Gasteiger partial charge in [0.25, 0.3) is 0 Å². The average Bonchev–Trinajstić information content (AvgIpc) is 3.25. The summed E-state index contributed by atoms with van der Waals surface area (Å²) in [4.78, 5) is 21.5. The minimum Gasteiger partial charge on any atom is -0.481 e. The van der Waals surface area contributed by atoms with Crippen LogP contribution in [0, 0.1) is 17.8 Å². The Kier molecular flexibility index (Phi) is 5.38. The van der Waals surface area contributed by atoms with Gasteiger partial charge >= 0.3 is 5.97 Å².